The molecular formula is C12H17BrN2O2. The first-order valence-electron chi connectivity index (χ1n) is 5.39. The molecule has 0 bridgehead atoms. The highest BCUT2D eigenvalue weighted by Gasteiger charge is 2.07. The second-order valence-corrected chi connectivity index (χ2v) is 4.74. The van der Waals surface area contributed by atoms with E-state index in [9.17, 15) is 0 Å². The summed E-state index contributed by atoms with van der Waals surface area (Å²) in [7, 11) is 0. The van der Waals surface area contributed by atoms with Gasteiger partial charge in [-0.1, -0.05) is 15.9 Å². The van der Waals surface area contributed by atoms with Crippen molar-refractivity contribution >= 4 is 21.8 Å². The van der Waals surface area contributed by atoms with Gasteiger partial charge in [0.25, 0.3) is 0 Å². The fraction of sp³-hybridized carbons (Fsp3) is 0.417. The van der Waals surface area contributed by atoms with E-state index < -0.39 is 0 Å². The fourth-order valence-electron chi connectivity index (χ4n) is 1.27. The normalized spacial score (nSPS) is 10.6. The lowest BCUT2D eigenvalue weighted by Crippen LogP contribution is -2.16. The molecule has 1 aromatic rings. The molecule has 17 heavy (non-hydrogen) atoms. The summed E-state index contributed by atoms with van der Waals surface area (Å²) >= 11 is 3.33. The number of rotatable bonds is 6. The van der Waals surface area contributed by atoms with Crippen LogP contribution in [0.25, 0.3) is 0 Å². The summed E-state index contributed by atoms with van der Waals surface area (Å²) in [5.74, 6) is 0.596. The third kappa shape index (κ3) is 4.75. The lowest BCUT2D eigenvalue weighted by Gasteiger charge is -2.12. The van der Waals surface area contributed by atoms with Crippen molar-refractivity contribution in [3.63, 3.8) is 0 Å². The van der Waals surface area contributed by atoms with E-state index in [0.29, 0.717) is 24.5 Å². The summed E-state index contributed by atoms with van der Waals surface area (Å²) in [6, 6.07) is 5.40. The molecule has 1 rings (SSSR count). The van der Waals surface area contributed by atoms with Crippen LogP contribution in [0.4, 0.5) is 0 Å². The van der Waals surface area contributed by atoms with Crippen molar-refractivity contribution in [1.29, 1.82) is 5.41 Å². The first-order chi connectivity index (χ1) is 8.00. The van der Waals surface area contributed by atoms with Gasteiger partial charge in [0.05, 0.1) is 18.3 Å². The van der Waals surface area contributed by atoms with Crippen LogP contribution in [0.15, 0.2) is 22.7 Å². The summed E-state index contributed by atoms with van der Waals surface area (Å²) in [4.78, 5) is 0. The number of amidine groups is 1. The van der Waals surface area contributed by atoms with E-state index in [-0.39, 0.29) is 11.9 Å². The fourth-order valence-corrected chi connectivity index (χ4v) is 1.64. The lowest BCUT2D eigenvalue weighted by molar-refractivity contribution is 0.0552. The molecule has 94 valence electrons. The van der Waals surface area contributed by atoms with Crippen LogP contribution in [0.2, 0.25) is 0 Å². The Morgan fingerprint density at radius 3 is 2.71 bits per heavy atom. The standard InChI is InChI=1S/C12H17BrN2O2/c1-8(2)16-5-6-17-11-4-3-9(13)7-10(11)12(14)15/h3-4,7-8H,5-6H2,1-2H3,(H3,14,15). The predicted molar refractivity (Wildman–Crippen MR) is 71.7 cm³/mol. The van der Waals surface area contributed by atoms with Crippen molar-refractivity contribution in [3.8, 4) is 5.75 Å². The molecule has 0 radical (unpaired) electrons. The van der Waals surface area contributed by atoms with E-state index in [1.54, 1.807) is 12.1 Å². The summed E-state index contributed by atoms with van der Waals surface area (Å²) < 4.78 is 11.8. The predicted octanol–water partition coefficient (Wildman–Crippen LogP) is 2.54. The average Bonchev–Trinajstić information content (AvgIpc) is 2.25. The van der Waals surface area contributed by atoms with Crippen molar-refractivity contribution < 1.29 is 9.47 Å². The largest absolute Gasteiger partial charge is 0.490 e. The maximum absolute atomic E-state index is 7.47. The van der Waals surface area contributed by atoms with Gasteiger partial charge in [-0.15, -0.1) is 0 Å². The lowest BCUT2D eigenvalue weighted by atomic mass is 10.2. The number of benzene rings is 1. The molecule has 3 N–H and O–H groups in total. The van der Waals surface area contributed by atoms with Crippen LogP contribution < -0.4 is 10.5 Å². The number of ether oxygens (including phenoxy) is 2. The Labute approximate surface area is 110 Å². The molecule has 0 aliphatic rings. The summed E-state index contributed by atoms with van der Waals surface area (Å²) in [5.41, 5.74) is 6.07. The van der Waals surface area contributed by atoms with Gasteiger partial charge in [0.15, 0.2) is 0 Å². The number of nitrogens with one attached hydrogen (secondary N) is 1. The second kappa shape index (κ2) is 6.61. The number of hydrogen-bond acceptors (Lipinski definition) is 3. The topological polar surface area (TPSA) is 68.3 Å². The molecule has 0 unspecified atom stereocenters. The van der Waals surface area contributed by atoms with E-state index in [2.05, 4.69) is 15.9 Å². The van der Waals surface area contributed by atoms with Gasteiger partial charge < -0.3 is 15.2 Å². The zero-order valence-electron chi connectivity index (χ0n) is 10.00. The summed E-state index contributed by atoms with van der Waals surface area (Å²) in [5, 5.41) is 7.47. The minimum absolute atomic E-state index is 0.00826. The Bertz CT molecular complexity index is 394. The molecule has 5 heteroatoms. The van der Waals surface area contributed by atoms with Crippen molar-refractivity contribution in [1.82, 2.24) is 0 Å². The zero-order chi connectivity index (χ0) is 12.8. The van der Waals surface area contributed by atoms with Crippen LogP contribution in [-0.2, 0) is 4.74 Å². The molecule has 0 atom stereocenters. The average molecular weight is 301 g/mol. The Morgan fingerprint density at radius 1 is 1.41 bits per heavy atom. The first kappa shape index (κ1) is 14.0. The van der Waals surface area contributed by atoms with Crippen molar-refractivity contribution in [2.45, 2.75) is 20.0 Å². The third-order valence-corrected chi connectivity index (χ3v) is 2.52. The van der Waals surface area contributed by atoms with E-state index in [4.69, 9.17) is 20.6 Å². The smallest absolute Gasteiger partial charge is 0.130 e. The molecule has 4 nitrogen and oxygen atoms in total. The molecule has 0 spiro atoms. The highest BCUT2D eigenvalue weighted by Crippen LogP contribution is 2.22. The molecule has 0 aromatic heterocycles. The van der Waals surface area contributed by atoms with Gasteiger partial charge in [0, 0.05) is 4.47 Å². The van der Waals surface area contributed by atoms with Crippen LogP contribution >= 0.6 is 15.9 Å². The quantitative estimate of drug-likeness (QED) is 0.482. The van der Waals surface area contributed by atoms with Crippen LogP contribution in [0.1, 0.15) is 19.4 Å². The Morgan fingerprint density at radius 2 is 2.12 bits per heavy atom. The number of halogens is 1. The van der Waals surface area contributed by atoms with Gasteiger partial charge in [-0.2, -0.15) is 0 Å². The van der Waals surface area contributed by atoms with E-state index in [0.717, 1.165) is 4.47 Å². The zero-order valence-corrected chi connectivity index (χ0v) is 11.6. The highest BCUT2D eigenvalue weighted by atomic mass is 79.9. The van der Waals surface area contributed by atoms with Gasteiger partial charge in [-0.3, -0.25) is 5.41 Å². The van der Waals surface area contributed by atoms with Crippen LogP contribution in [0.5, 0.6) is 5.75 Å². The summed E-state index contributed by atoms with van der Waals surface area (Å²) in [6.07, 6.45) is 0.191. The Kier molecular flexibility index (Phi) is 5.44. The van der Waals surface area contributed by atoms with Crippen LogP contribution in [0, 0.1) is 5.41 Å². The SMILES string of the molecule is CC(C)OCCOc1ccc(Br)cc1C(=N)N. The Hall–Kier alpha value is -1.07. The molecule has 0 saturated carbocycles. The number of nitrogen functional groups attached to an aromatic ring is 1. The molecular weight excluding hydrogens is 284 g/mol. The van der Waals surface area contributed by atoms with Gasteiger partial charge in [0.1, 0.15) is 18.2 Å². The van der Waals surface area contributed by atoms with Crippen molar-refractivity contribution in [2.24, 2.45) is 5.73 Å². The molecule has 0 aliphatic carbocycles. The van der Waals surface area contributed by atoms with Gasteiger partial charge in [-0.25, -0.2) is 0 Å². The highest BCUT2D eigenvalue weighted by molar-refractivity contribution is 9.10. The monoisotopic (exact) mass is 300 g/mol. The summed E-state index contributed by atoms with van der Waals surface area (Å²) in [6.45, 7) is 4.91. The van der Waals surface area contributed by atoms with Gasteiger partial charge >= 0.3 is 0 Å². The Balaban J connectivity index is 2.61. The van der Waals surface area contributed by atoms with Crippen LogP contribution in [0.3, 0.4) is 0 Å². The van der Waals surface area contributed by atoms with Crippen molar-refractivity contribution in [3.05, 3.63) is 28.2 Å². The maximum Gasteiger partial charge on any atom is 0.130 e. The van der Waals surface area contributed by atoms with Crippen molar-refractivity contribution in [2.75, 3.05) is 13.2 Å². The molecule has 0 fully saturated rings. The molecule has 0 heterocycles. The molecule has 1 aromatic carbocycles. The number of hydrogen-bond donors (Lipinski definition) is 2. The molecule has 0 saturated heterocycles. The van der Waals surface area contributed by atoms with Gasteiger partial charge in [0.2, 0.25) is 0 Å². The second-order valence-electron chi connectivity index (χ2n) is 3.82. The number of nitrogens with two attached hydrogens (primary N) is 1. The van der Waals surface area contributed by atoms with Crippen LogP contribution in [-0.4, -0.2) is 25.2 Å². The minimum Gasteiger partial charge on any atom is -0.490 e. The minimum atomic E-state index is -0.00826. The maximum atomic E-state index is 7.47. The van der Waals surface area contributed by atoms with Gasteiger partial charge in [-0.05, 0) is 32.0 Å². The van der Waals surface area contributed by atoms with E-state index in [1.807, 2.05) is 19.9 Å². The van der Waals surface area contributed by atoms with E-state index >= 15 is 0 Å². The van der Waals surface area contributed by atoms with E-state index in [1.165, 1.54) is 0 Å². The third-order valence-electron chi connectivity index (χ3n) is 2.02. The molecule has 0 amide bonds. The molecule has 0 aliphatic heterocycles. The first-order valence-corrected chi connectivity index (χ1v) is 6.18.